The number of hydrogen-bond acceptors (Lipinski definition) is 4. The average molecular weight is 408 g/mol. The van der Waals surface area contributed by atoms with E-state index in [1.807, 2.05) is 16.3 Å². The van der Waals surface area contributed by atoms with Gasteiger partial charge in [-0.15, -0.1) is 0 Å². The van der Waals surface area contributed by atoms with Crippen molar-refractivity contribution in [2.45, 2.75) is 52.0 Å². The van der Waals surface area contributed by atoms with Crippen LogP contribution in [0.3, 0.4) is 0 Å². The van der Waals surface area contributed by atoms with E-state index in [-0.39, 0.29) is 11.6 Å². The molecule has 0 atom stereocenters. The summed E-state index contributed by atoms with van der Waals surface area (Å²) in [6.45, 7) is 4.80. The predicted molar refractivity (Wildman–Crippen MR) is 104 cm³/mol. The highest BCUT2D eigenvalue weighted by Crippen LogP contribution is 2.34. The van der Waals surface area contributed by atoms with E-state index in [0.29, 0.717) is 35.6 Å². The van der Waals surface area contributed by atoms with E-state index < -0.39 is 21.9 Å². The van der Waals surface area contributed by atoms with Crippen LogP contribution >= 0.6 is 0 Å². The van der Waals surface area contributed by atoms with Gasteiger partial charge in [0.2, 0.25) is 0 Å². The molecule has 28 heavy (non-hydrogen) atoms. The fourth-order valence-corrected chi connectivity index (χ4v) is 5.23. The molecule has 2 aliphatic rings. The van der Waals surface area contributed by atoms with Crippen LogP contribution in [0.15, 0.2) is 12.1 Å². The number of halogens is 1. The van der Waals surface area contributed by atoms with Gasteiger partial charge in [-0.1, -0.05) is 6.92 Å². The Labute approximate surface area is 164 Å². The first-order chi connectivity index (χ1) is 13.3. The minimum atomic E-state index is -3.92. The summed E-state index contributed by atoms with van der Waals surface area (Å²) in [5.74, 6) is -1.00. The molecule has 7 nitrogen and oxygen atoms in total. The molecule has 2 fully saturated rings. The predicted octanol–water partition coefficient (Wildman–Crippen LogP) is 2.92. The van der Waals surface area contributed by atoms with Crippen LogP contribution < -0.4 is 4.72 Å². The number of carbonyl (C=O) groups is 1. The van der Waals surface area contributed by atoms with E-state index in [1.54, 1.807) is 0 Å². The molecule has 2 heterocycles. The summed E-state index contributed by atoms with van der Waals surface area (Å²) in [4.78, 5) is 12.4. The summed E-state index contributed by atoms with van der Waals surface area (Å²) in [7, 11) is -3.92. The molecule has 1 aromatic heterocycles. The van der Waals surface area contributed by atoms with Gasteiger partial charge in [0.1, 0.15) is 5.82 Å². The van der Waals surface area contributed by atoms with E-state index >= 15 is 0 Å². The van der Waals surface area contributed by atoms with Gasteiger partial charge >= 0.3 is 10.2 Å². The fraction of sp³-hybridized carbons (Fsp3) is 0.579. The molecular weight excluding hydrogens is 383 g/mol. The highest BCUT2D eigenvalue weighted by Gasteiger charge is 2.31. The van der Waals surface area contributed by atoms with Gasteiger partial charge in [0.15, 0.2) is 0 Å². The number of carbonyl (C=O) groups excluding carboxylic acids is 1. The zero-order chi connectivity index (χ0) is 20.1. The van der Waals surface area contributed by atoms with Crippen molar-refractivity contribution in [3.8, 4) is 0 Å². The fourth-order valence-electron chi connectivity index (χ4n) is 4.02. The molecule has 0 spiro atoms. The van der Waals surface area contributed by atoms with E-state index in [4.69, 9.17) is 0 Å². The van der Waals surface area contributed by atoms with Gasteiger partial charge in [0.05, 0.1) is 22.8 Å². The Kier molecular flexibility index (Phi) is 4.91. The molecule has 1 saturated carbocycles. The Balaban J connectivity index is 1.65. The SMILES string of the molecule is Cc1nn(C2CCC(C)CC2)c2cc(F)c(C(=O)NS(=O)(=O)N3CCC3)cc12. The Morgan fingerprint density at radius 2 is 1.89 bits per heavy atom. The first kappa shape index (κ1) is 19.3. The minimum absolute atomic E-state index is 0.221. The first-order valence-corrected chi connectivity index (χ1v) is 11.2. The van der Waals surface area contributed by atoms with Crippen molar-refractivity contribution in [1.29, 1.82) is 0 Å². The molecule has 1 amide bonds. The second-order valence-electron chi connectivity index (χ2n) is 7.98. The van der Waals surface area contributed by atoms with Gasteiger partial charge in [0.25, 0.3) is 5.91 Å². The zero-order valence-corrected chi connectivity index (χ0v) is 16.9. The molecule has 0 radical (unpaired) electrons. The van der Waals surface area contributed by atoms with Crippen LogP contribution in [-0.2, 0) is 10.2 Å². The van der Waals surface area contributed by atoms with Crippen LogP contribution in [-0.4, -0.2) is 41.5 Å². The maximum Gasteiger partial charge on any atom is 0.304 e. The summed E-state index contributed by atoms with van der Waals surface area (Å²) < 4.78 is 44.0. The number of hydrogen-bond donors (Lipinski definition) is 1. The van der Waals surface area contributed by atoms with Crippen molar-refractivity contribution >= 4 is 27.0 Å². The van der Waals surface area contributed by atoms with Gasteiger partial charge in [-0.25, -0.2) is 9.11 Å². The van der Waals surface area contributed by atoms with Crippen LogP contribution in [0.1, 0.15) is 61.1 Å². The number of rotatable bonds is 4. The van der Waals surface area contributed by atoms with Crippen LogP contribution in [0.2, 0.25) is 0 Å². The number of fused-ring (bicyclic) bond motifs is 1. The van der Waals surface area contributed by atoms with Crippen LogP contribution in [0, 0.1) is 18.7 Å². The Morgan fingerprint density at radius 3 is 2.50 bits per heavy atom. The molecule has 4 rings (SSSR count). The van der Waals surface area contributed by atoms with Crippen LogP contribution in [0.25, 0.3) is 10.9 Å². The van der Waals surface area contributed by atoms with Crippen molar-refractivity contribution in [3.63, 3.8) is 0 Å². The third-order valence-corrected chi connectivity index (χ3v) is 7.42. The molecule has 1 aliphatic carbocycles. The Hall–Kier alpha value is -2.00. The second kappa shape index (κ2) is 7.11. The van der Waals surface area contributed by atoms with Crippen molar-refractivity contribution < 1.29 is 17.6 Å². The molecule has 0 unspecified atom stereocenters. The molecule has 1 aromatic carbocycles. The van der Waals surface area contributed by atoms with Gasteiger partial charge in [0, 0.05) is 24.5 Å². The molecule has 0 bridgehead atoms. The van der Waals surface area contributed by atoms with Crippen molar-refractivity contribution in [2.24, 2.45) is 5.92 Å². The number of nitrogens with one attached hydrogen (secondary N) is 1. The maximum absolute atomic E-state index is 14.8. The van der Waals surface area contributed by atoms with E-state index in [2.05, 4.69) is 12.0 Å². The molecule has 1 N–H and O–H groups in total. The lowest BCUT2D eigenvalue weighted by atomic mass is 9.87. The Bertz CT molecular complexity index is 1020. The molecule has 2 aromatic rings. The van der Waals surface area contributed by atoms with Crippen LogP contribution in [0.4, 0.5) is 4.39 Å². The van der Waals surface area contributed by atoms with Crippen molar-refractivity contribution in [3.05, 3.63) is 29.2 Å². The molecule has 9 heteroatoms. The van der Waals surface area contributed by atoms with Gasteiger partial charge in [-0.2, -0.15) is 17.8 Å². The molecule has 1 saturated heterocycles. The van der Waals surface area contributed by atoms with E-state index in [9.17, 15) is 17.6 Å². The summed E-state index contributed by atoms with van der Waals surface area (Å²) in [5.41, 5.74) is 1.07. The lowest BCUT2D eigenvalue weighted by molar-refractivity contribution is 0.0974. The van der Waals surface area contributed by atoms with Gasteiger partial charge in [-0.05, 0) is 51.0 Å². The smallest absolute Gasteiger partial charge is 0.268 e. The second-order valence-corrected chi connectivity index (χ2v) is 9.65. The molecule has 1 aliphatic heterocycles. The molecule has 152 valence electrons. The maximum atomic E-state index is 14.8. The number of aromatic nitrogens is 2. The quantitative estimate of drug-likeness (QED) is 0.843. The lowest BCUT2D eigenvalue weighted by Gasteiger charge is -2.29. The van der Waals surface area contributed by atoms with Gasteiger partial charge in [-0.3, -0.25) is 9.48 Å². The lowest BCUT2D eigenvalue weighted by Crippen LogP contribution is -2.49. The number of benzene rings is 1. The first-order valence-electron chi connectivity index (χ1n) is 9.77. The van der Waals surface area contributed by atoms with Crippen LogP contribution in [0.5, 0.6) is 0 Å². The summed E-state index contributed by atoms with van der Waals surface area (Å²) in [5, 5.41) is 5.27. The van der Waals surface area contributed by atoms with E-state index in [1.165, 1.54) is 12.1 Å². The standard InChI is InChI=1S/C19H25FN4O3S/c1-12-4-6-14(7-5-12)24-18-11-17(20)16(10-15(18)13(2)21-24)19(25)22-28(26,27)23-8-3-9-23/h10-12,14H,3-9H2,1-2H3,(H,22,25). The highest BCUT2D eigenvalue weighted by molar-refractivity contribution is 7.87. The minimum Gasteiger partial charge on any atom is -0.268 e. The number of nitrogens with zero attached hydrogens (tertiary/aromatic N) is 3. The highest BCUT2D eigenvalue weighted by atomic mass is 32.2. The Morgan fingerprint density at radius 1 is 1.21 bits per heavy atom. The average Bonchev–Trinajstić information content (AvgIpc) is 2.88. The zero-order valence-electron chi connectivity index (χ0n) is 16.1. The number of aryl methyl sites for hydroxylation is 1. The largest absolute Gasteiger partial charge is 0.304 e. The summed E-state index contributed by atoms with van der Waals surface area (Å²) in [6.07, 6.45) is 4.98. The normalized spacial score (nSPS) is 23.5. The molecular formula is C19H25FN4O3S. The third kappa shape index (κ3) is 3.41. The summed E-state index contributed by atoms with van der Waals surface area (Å²) >= 11 is 0. The van der Waals surface area contributed by atoms with E-state index in [0.717, 1.165) is 36.4 Å². The van der Waals surface area contributed by atoms with Crippen molar-refractivity contribution in [2.75, 3.05) is 13.1 Å². The van der Waals surface area contributed by atoms with Crippen molar-refractivity contribution in [1.82, 2.24) is 18.8 Å². The van der Waals surface area contributed by atoms with Gasteiger partial charge < -0.3 is 0 Å². The summed E-state index contributed by atoms with van der Waals surface area (Å²) in [6, 6.07) is 2.94. The monoisotopic (exact) mass is 408 g/mol. The number of amides is 1. The topological polar surface area (TPSA) is 84.3 Å². The third-order valence-electron chi connectivity index (χ3n) is 5.93.